The number of ether oxygens (including phenoxy) is 4. The molecule has 10 nitrogen and oxygen atoms in total. The standard InChI is InChI=1S/C24H35NO9/c1-7-14(3)22(28)33-19-10-9-17(12-20(19)34-23(29)15(4)8-2)11-18(21(26)27)25-13-16(5)32-24(30)31-6/h9-10,12,14-16,18,25H,7-8,11,13H2,1-6H3,(H,26,27)/t14?,15?,16?,18-/m0/s1. The van der Waals surface area contributed by atoms with Crippen molar-refractivity contribution in [1.82, 2.24) is 5.32 Å². The largest absolute Gasteiger partial charge is 0.508 e. The third-order valence-electron chi connectivity index (χ3n) is 5.31. The maximum Gasteiger partial charge on any atom is 0.508 e. The molecule has 0 aromatic heterocycles. The van der Waals surface area contributed by atoms with Crippen molar-refractivity contribution in [2.75, 3.05) is 13.7 Å². The van der Waals surface area contributed by atoms with Crippen molar-refractivity contribution in [3.63, 3.8) is 0 Å². The van der Waals surface area contributed by atoms with E-state index in [2.05, 4.69) is 10.1 Å². The van der Waals surface area contributed by atoms with Gasteiger partial charge >= 0.3 is 24.1 Å². The maximum atomic E-state index is 12.4. The molecule has 0 aliphatic rings. The molecule has 0 heterocycles. The molecule has 2 N–H and O–H groups in total. The number of aliphatic carboxylic acids is 1. The Balaban J connectivity index is 3.07. The molecule has 0 aliphatic heterocycles. The molecule has 34 heavy (non-hydrogen) atoms. The van der Waals surface area contributed by atoms with Gasteiger partial charge in [-0.05, 0) is 43.9 Å². The lowest BCUT2D eigenvalue weighted by atomic mass is 10.0. The van der Waals surface area contributed by atoms with Gasteiger partial charge < -0.3 is 29.4 Å². The summed E-state index contributed by atoms with van der Waals surface area (Å²) in [7, 11) is 1.18. The van der Waals surface area contributed by atoms with Gasteiger partial charge in [-0.2, -0.15) is 0 Å². The van der Waals surface area contributed by atoms with Crippen LogP contribution >= 0.6 is 0 Å². The highest BCUT2D eigenvalue weighted by Gasteiger charge is 2.23. The predicted octanol–water partition coefficient (Wildman–Crippen LogP) is 3.35. The van der Waals surface area contributed by atoms with Crippen LogP contribution in [0.5, 0.6) is 11.5 Å². The molecule has 1 rings (SSSR count). The monoisotopic (exact) mass is 481 g/mol. The number of benzene rings is 1. The van der Waals surface area contributed by atoms with Crippen molar-refractivity contribution >= 4 is 24.1 Å². The maximum absolute atomic E-state index is 12.4. The molecule has 0 saturated heterocycles. The smallest absolute Gasteiger partial charge is 0.480 e. The zero-order valence-electron chi connectivity index (χ0n) is 20.6. The first kappa shape index (κ1) is 28.9. The first-order valence-corrected chi connectivity index (χ1v) is 11.3. The molecule has 0 aliphatic carbocycles. The molecular weight excluding hydrogens is 446 g/mol. The van der Waals surface area contributed by atoms with Gasteiger partial charge in [0.15, 0.2) is 11.5 Å². The van der Waals surface area contributed by atoms with E-state index in [9.17, 15) is 24.3 Å². The molecule has 0 radical (unpaired) electrons. The Hall–Kier alpha value is -3.14. The predicted molar refractivity (Wildman–Crippen MR) is 123 cm³/mol. The van der Waals surface area contributed by atoms with Crippen LogP contribution in [0.2, 0.25) is 0 Å². The van der Waals surface area contributed by atoms with E-state index >= 15 is 0 Å². The second kappa shape index (κ2) is 14.2. The Labute approximate surface area is 199 Å². The number of methoxy groups -OCH3 is 1. The quantitative estimate of drug-likeness (QED) is 0.319. The number of carbonyl (C=O) groups excluding carboxylic acids is 3. The highest BCUT2D eigenvalue weighted by Crippen LogP contribution is 2.31. The van der Waals surface area contributed by atoms with E-state index in [4.69, 9.17) is 14.2 Å². The Morgan fingerprint density at radius 2 is 1.50 bits per heavy atom. The van der Waals surface area contributed by atoms with E-state index in [1.165, 1.54) is 19.2 Å². The van der Waals surface area contributed by atoms with Gasteiger partial charge in [-0.15, -0.1) is 0 Å². The van der Waals surface area contributed by atoms with E-state index in [0.717, 1.165) is 0 Å². The van der Waals surface area contributed by atoms with E-state index in [1.807, 2.05) is 13.8 Å². The molecule has 0 saturated carbocycles. The number of carbonyl (C=O) groups is 4. The first-order valence-electron chi connectivity index (χ1n) is 11.3. The summed E-state index contributed by atoms with van der Waals surface area (Å²) in [5.74, 6) is -2.63. The van der Waals surface area contributed by atoms with Crippen molar-refractivity contribution < 1.29 is 43.2 Å². The van der Waals surface area contributed by atoms with E-state index in [0.29, 0.717) is 18.4 Å². The summed E-state index contributed by atoms with van der Waals surface area (Å²) in [5.41, 5.74) is 0.539. The molecule has 4 atom stereocenters. The van der Waals surface area contributed by atoms with Crippen LogP contribution in [0.1, 0.15) is 53.0 Å². The molecule has 10 heteroatoms. The lowest BCUT2D eigenvalue weighted by Gasteiger charge is -2.19. The minimum Gasteiger partial charge on any atom is -0.480 e. The summed E-state index contributed by atoms with van der Waals surface area (Å²) < 4.78 is 20.3. The second-order valence-corrected chi connectivity index (χ2v) is 8.13. The Bertz CT molecular complexity index is 855. The molecule has 0 amide bonds. The molecule has 190 valence electrons. The van der Waals surface area contributed by atoms with Gasteiger partial charge in [0, 0.05) is 6.54 Å². The fraction of sp³-hybridized carbons (Fsp3) is 0.583. The third-order valence-corrected chi connectivity index (χ3v) is 5.31. The van der Waals surface area contributed by atoms with Crippen LogP contribution < -0.4 is 14.8 Å². The van der Waals surface area contributed by atoms with Gasteiger partial charge in [0.05, 0.1) is 18.9 Å². The summed E-state index contributed by atoms with van der Waals surface area (Å²) in [4.78, 5) is 47.6. The van der Waals surface area contributed by atoms with Crippen molar-refractivity contribution in [2.45, 2.75) is 66.0 Å². The Kier molecular flexibility index (Phi) is 12.1. The molecule has 1 aromatic carbocycles. The van der Waals surface area contributed by atoms with E-state index < -0.39 is 36.2 Å². The zero-order valence-corrected chi connectivity index (χ0v) is 20.6. The van der Waals surface area contributed by atoms with E-state index in [1.54, 1.807) is 26.8 Å². The average molecular weight is 482 g/mol. The van der Waals surface area contributed by atoms with Gasteiger partial charge in [-0.25, -0.2) is 4.79 Å². The first-order chi connectivity index (χ1) is 16.0. The number of hydrogen-bond donors (Lipinski definition) is 2. The summed E-state index contributed by atoms with van der Waals surface area (Å²) >= 11 is 0. The molecular formula is C24H35NO9. The average Bonchev–Trinajstić information content (AvgIpc) is 2.81. The van der Waals surface area contributed by atoms with Gasteiger partial charge in [-0.3, -0.25) is 14.4 Å². The van der Waals surface area contributed by atoms with Crippen LogP contribution in [0, 0.1) is 11.8 Å². The van der Waals surface area contributed by atoms with Crippen LogP contribution in [-0.4, -0.2) is 55.0 Å². The molecule has 0 spiro atoms. The lowest BCUT2D eigenvalue weighted by molar-refractivity contribution is -0.141. The second-order valence-electron chi connectivity index (χ2n) is 8.13. The van der Waals surface area contributed by atoms with Crippen LogP contribution in [0.4, 0.5) is 4.79 Å². The minimum atomic E-state index is -1.12. The van der Waals surface area contributed by atoms with Gasteiger partial charge in [0.1, 0.15) is 12.1 Å². The summed E-state index contributed by atoms with van der Waals surface area (Å²) in [6, 6.07) is 3.56. The van der Waals surface area contributed by atoms with E-state index in [-0.39, 0.29) is 36.3 Å². The number of esters is 2. The summed E-state index contributed by atoms with van der Waals surface area (Å²) in [6.45, 7) is 8.83. The van der Waals surface area contributed by atoms with Crippen LogP contribution in [-0.2, 0) is 30.3 Å². The lowest BCUT2D eigenvalue weighted by Crippen LogP contribution is -2.42. The number of hydrogen-bond acceptors (Lipinski definition) is 9. The fourth-order valence-corrected chi connectivity index (χ4v) is 2.64. The number of rotatable bonds is 13. The number of nitrogens with one attached hydrogen (secondary N) is 1. The normalized spacial score (nSPS) is 14.3. The third kappa shape index (κ3) is 9.38. The highest BCUT2D eigenvalue weighted by atomic mass is 16.7. The SMILES string of the molecule is CCC(C)C(=O)Oc1ccc(C[C@H](NCC(C)OC(=O)OC)C(=O)O)cc1OC(=O)C(C)CC. The van der Waals surface area contributed by atoms with Crippen LogP contribution in [0.3, 0.4) is 0 Å². The molecule has 0 fully saturated rings. The summed E-state index contributed by atoms with van der Waals surface area (Å²) in [5, 5.41) is 12.4. The van der Waals surface area contributed by atoms with Gasteiger partial charge in [0.2, 0.25) is 0 Å². The number of carboxylic acid groups (broad SMARTS) is 1. The molecule has 0 bridgehead atoms. The van der Waals surface area contributed by atoms with Crippen molar-refractivity contribution in [3.05, 3.63) is 23.8 Å². The van der Waals surface area contributed by atoms with Crippen molar-refractivity contribution in [2.24, 2.45) is 11.8 Å². The molecule has 1 aromatic rings. The minimum absolute atomic E-state index is 0.0355. The zero-order chi connectivity index (χ0) is 25.8. The van der Waals surface area contributed by atoms with Gasteiger partial charge in [0.25, 0.3) is 0 Å². The van der Waals surface area contributed by atoms with Crippen LogP contribution in [0.25, 0.3) is 0 Å². The fourth-order valence-electron chi connectivity index (χ4n) is 2.64. The van der Waals surface area contributed by atoms with Crippen LogP contribution in [0.15, 0.2) is 18.2 Å². The Morgan fingerprint density at radius 1 is 0.941 bits per heavy atom. The topological polar surface area (TPSA) is 137 Å². The highest BCUT2D eigenvalue weighted by molar-refractivity contribution is 5.78. The van der Waals surface area contributed by atoms with Crippen molar-refractivity contribution in [1.29, 1.82) is 0 Å². The number of carboxylic acids is 1. The van der Waals surface area contributed by atoms with Gasteiger partial charge in [-0.1, -0.05) is 33.8 Å². The molecule has 3 unspecified atom stereocenters. The Morgan fingerprint density at radius 3 is 2.00 bits per heavy atom. The van der Waals surface area contributed by atoms with Crippen molar-refractivity contribution in [3.8, 4) is 11.5 Å². The summed E-state index contributed by atoms with van der Waals surface area (Å²) in [6.07, 6.45) is -0.297.